The minimum atomic E-state index is -4.01. The van der Waals surface area contributed by atoms with Crippen LogP contribution in [0.3, 0.4) is 0 Å². The standard InChI is InChI=1S/C22H28ClN3O6S/c1-3-14(16-9-6-12(2)32-16)24-17-18(21(29)20(17)28)25-15-8-7-13(23)22(19(15)27)33(30,31)26-10-4-5-11-26/h7-8,12,14,16,24-25,27H,3-6,9-11H2,1-2H3/t12-,14-,16-/m1/s1. The van der Waals surface area contributed by atoms with Gasteiger partial charge < -0.3 is 20.5 Å². The number of ether oxygens (including phenoxy) is 1. The van der Waals surface area contributed by atoms with Crippen LogP contribution in [0.2, 0.25) is 5.02 Å². The van der Waals surface area contributed by atoms with Crippen LogP contribution < -0.4 is 21.5 Å². The second-order valence-corrected chi connectivity index (χ2v) is 10.9. The molecule has 0 radical (unpaired) electrons. The van der Waals surface area contributed by atoms with E-state index in [0.717, 1.165) is 25.7 Å². The molecule has 2 saturated heterocycles. The van der Waals surface area contributed by atoms with Crippen molar-refractivity contribution in [3.05, 3.63) is 37.6 Å². The van der Waals surface area contributed by atoms with Crippen molar-refractivity contribution in [2.24, 2.45) is 0 Å². The second kappa shape index (κ2) is 9.25. The summed E-state index contributed by atoms with van der Waals surface area (Å²) in [4.78, 5) is 24.2. The van der Waals surface area contributed by atoms with E-state index in [0.29, 0.717) is 19.5 Å². The van der Waals surface area contributed by atoms with Crippen LogP contribution in [0.1, 0.15) is 46.0 Å². The molecular weight excluding hydrogens is 470 g/mol. The van der Waals surface area contributed by atoms with Gasteiger partial charge in [0.15, 0.2) is 5.75 Å². The van der Waals surface area contributed by atoms with Crippen molar-refractivity contribution < 1.29 is 18.3 Å². The zero-order valence-corrected chi connectivity index (χ0v) is 20.1. The smallest absolute Gasteiger partial charge is 0.253 e. The van der Waals surface area contributed by atoms with E-state index in [2.05, 4.69) is 10.6 Å². The maximum absolute atomic E-state index is 13.0. The third kappa shape index (κ3) is 4.37. The Hall–Kier alpha value is -2.14. The summed E-state index contributed by atoms with van der Waals surface area (Å²) in [6, 6.07) is 2.55. The summed E-state index contributed by atoms with van der Waals surface area (Å²) >= 11 is 6.15. The van der Waals surface area contributed by atoms with Crippen molar-refractivity contribution in [2.45, 2.75) is 69.1 Å². The lowest BCUT2D eigenvalue weighted by Gasteiger charge is -2.26. The molecule has 2 aromatic rings. The first-order chi connectivity index (χ1) is 15.6. The molecule has 0 saturated carbocycles. The Morgan fingerprint density at radius 3 is 2.45 bits per heavy atom. The van der Waals surface area contributed by atoms with Crippen LogP contribution in [0, 0.1) is 0 Å². The highest BCUT2D eigenvalue weighted by molar-refractivity contribution is 7.89. The van der Waals surface area contributed by atoms with Crippen molar-refractivity contribution in [2.75, 3.05) is 23.7 Å². The van der Waals surface area contributed by atoms with E-state index >= 15 is 0 Å². The summed E-state index contributed by atoms with van der Waals surface area (Å²) in [6.45, 7) is 4.65. The van der Waals surface area contributed by atoms with Gasteiger partial charge in [0.25, 0.3) is 10.9 Å². The van der Waals surface area contributed by atoms with Gasteiger partial charge in [-0.3, -0.25) is 9.59 Å². The number of anilines is 3. The van der Waals surface area contributed by atoms with Gasteiger partial charge >= 0.3 is 0 Å². The van der Waals surface area contributed by atoms with Gasteiger partial charge in [-0.1, -0.05) is 18.5 Å². The number of sulfonamides is 1. The predicted octanol–water partition coefficient (Wildman–Crippen LogP) is 2.93. The maximum atomic E-state index is 13.0. The molecule has 4 rings (SSSR count). The molecule has 3 N–H and O–H groups in total. The lowest BCUT2D eigenvalue weighted by atomic mass is 10.0. The Labute approximate surface area is 197 Å². The molecule has 2 aliphatic heterocycles. The fourth-order valence-electron chi connectivity index (χ4n) is 4.51. The van der Waals surface area contributed by atoms with Gasteiger partial charge in [-0.15, -0.1) is 0 Å². The number of benzene rings is 1. The lowest BCUT2D eigenvalue weighted by Crippen LogP contribution is -2.42. The first-order valence-electron chi connectivity index (χ1n) is 11.2. The van der Waals surface area contributed by atoms with Crippen LogP contribution in [0.15, 0.2) is 26.6 Å². The van der Waals surface area contributed by atoms with Crippen molar-refractivity contribution in [1.29, 1.82) is 0 Å². The average molecular weight is 498 g/mol. The summed E-state index contributed by atoms with van der Waals surface area (Å²) in [6.07, 6.45) is 3.97. The van der Waals surface area contributed by atoms with Crippen molar-refractivity contribution in [3.63, 3.8) is 0 Å². The van der Waals surface area contributed by atoms with Gasteiger partial charge in [-0.25, -0.2) is 8.42 Å². The van der Waals surface area contributed by atoms with Crippen LogP contribution in [0.4, 0.5) is 17.1 Å². The van der Waals surface area contributed by atoms with Crippen LogP contribution in [-0.4, -0.2) is 49.2 Å². The number of nitrogens with zero attached hydrogens (tertiary/aromatic N) is 1. The molecule has 2 fully saturated rings. The largest absolute Gasteiger partial charge is 0.504 e. The summed E-state index contributed by atoms with van der Waals surface area (Å²) in [5, 5.41) is 16.5. The predicted molar refractivity (Wildman–Crippen MR) is 127 cm³/mol. The molecule has 33 heavy (non-hydrogen) atoms. The average Bonchev–Trinajstić information content (AvgIpc) is 3.47. The Morgan fingerprint density at radius 1 is 1.18 bits per heavy atom. The third-order valence-electron chi connectivity index (χ3n) is 6.40. The zero-order valence-electron chi connectivity index (χ0n) is 18.6. The SMILES string of the molecule is CC[C@@H](Nc1c(Nc2ccc(Cl)c(S(=O)(=O)N3CCCC3)c2O)c(=O)c1=O)[C@H]1CC[C@@H](C)O1. The molecule has 2 aromatic carbocycles. The van der Waals surface area contributed by atoms with Gasteiger partial charge in [0.2, 0.25) is 10.0 Å². The number of nitrogens with one attached hydrogen (secondary N) is 2. The van der Waals surface area contributed by atoms with Crippen LogP contribution in [0.5, 0.6) is 5.75 Å². The van der Waals surface area contributed by atoms with E-state index < -0.39 is 31.5 Å². The van der Waals surface area contributed by atoms with Crippen molar-refractivity contribution in [3.8, 4) is 5.75 Å². The molecule has 0 unspecified atom stereocenters. The highest BCUT2D eigenvalue weighted by Gasteiger charge is 2.34. The lowest BCUT2D eigenvalue weighted by molar-refractivity contribution is 0.0438. The van der Waals surface area contributed by atoms with E-state index in [9.17, 15) is 23.1 Å². The van der Waals surface area contributed by atoms with Crippen molar-refractivity contribution >= 4 is 38.7 Å². The molecule has 0 spiro atoms. The fourth-order valence-corrected chi connectivity index (χ4v) is 6.62. The van der Waals surface area contributed by atoms with E-state index in [-0.39, 0.29) is 40.3 Å². The molecule has 2 aliphatic rings. The Balaban J connectivity index is 1.62. The molecule has 0 aromatic heterocycles. The number of halogens is 1. The fraction of sp³-hybridized carbons (Fsp3) is 0.545. The zero-order chi connectivity index (χ0) is 23.9. The molecule has 3 atom stereocenters. The molecule has 11 heteroatoms. The number of hydrogen-bond acceptors (Lipinski definition) is 8. The molecule has 180 valence electrons. The molecule has 0 aliphatic carbocycles. The van der Waals surface area contributed by atoms with Crippen LogP contribution in [-0.2, 0) is 14.8 Å². The molecule has 9 nitrogen and oxygen atoms in total. The maximum Gasteiger partial charge on any atom is 0.253 e. The van der Waals surface area contributed by atoms with Gasteiger partial charge in [-0.05, 0) is 51.2 Å². The summed E-state index contributed by atoms with van der Waals surface area (Å²) < 4.78 is 33.2. The number of phenols is 1. The monoisotopic (exact) mass is 497 g/mol. The van der Waals surface area contributed by atoms with Gasteiger partial charge in [0, 0.05) is 13.1 Å². The van der Waals surface area contributed by atoms with Crippen LogP contribution >= 0.6 is 11.6 Å². The molecule has 0 amide bonds. The summed E-state index contributed by atoms with van der Waals surface area (Å²) in [7, 11) is -4.01. The summed E-state index contributed by atoms with van der Waals surface area (Å²) in [5.41, 5.74) is -1.35. The van der Waals surface area contributed by atoms with Crippen LogP contribution in [0.25, 0.3) is 0 Å². The van der Waals surface area contributed by atoms with Crippen molar-refractivity contribution in [1.82, 2.24) is 4.31 Å². The molecule has 0 bridgehead atoms. The number of aromatic hydroxyl groups is 1. The first kappa shape index (κ1) is 24.0. The van der Waals surface area contributed by atoms with Gasteiger partial charge in [0.05, 0.1) is 29.0 Å². The quantitative estimate of drug-likeness (QED) is 0.375. The van der Waals surface area contributed by atoms with E-state index in [4.69, 9.17) is 16.3 Å². The molecule has 2 heterocycles. The summed E-state index contributed by atoms with van der Waals surface area (Å²) in [5.74, 6) is -0.589. The highest BCUT2D eigenvalue weighted by atomic mass is 35.5. The molecular formula is C22H28ClN3O6S. The topological polar surface area (TPSA) is 125 Å². The number of rotatable bonds is 8. The Morgan fingerprint density at radius 2 is 1.85 bits per heavy atom. The Bertz CT molecular complexity index is 1220. The van der Waals surface area contributed by atoms with E-state index in [1.54, 1.807) is 0 Å². The third-order valence-corrected chi connectivity index (χ3v) is 8.80. The minimum absolute atomic E-state index is 0.0216. The number of phenolic OH excluding ortho intramolecular Hbond substituents is 1. The van der Waals surface area contributed by atoms with E-state index in [1.165, 1.54) is 16.4 Å². The highest BCUT2D eigenvalue weighted by Crippen LogP contribution is 2.40. The first-order valence-corrected chi connectivity index (χ1v) is 13.0. The normalized spacial score (nSPS) is 22.6. The van der Waals surface area contributed by atoms with Gasteiger partial charge in [0.1, 0.15) is 16.3 Å². The number of hydrogen-bond donors (Lipinski definition) is 3. The Kier molecular flexibility index (Phi) is 6.73. The van der Waals surface area contributed by atoms with Gasteiger partial charge in [-0.2, -0.15) is 4.31 Å². The second-order valence-electron chi connectivity index (χ2n) is 8.64. The minimum Gasteiger partial charge on any atom is -0.504 e. The van der Waals surface area contributed by atoms with E-state index in [1.807, 2.05) is 13.8 Å².